The zero-order valence-corrected chi connectivity index (χ0v) is 11.9. The van der Waals surface area contributed by atoms with Crippen LogP contribution in [0.5, 0.6) is 0 Å². The number of nitrogens with zero attached hydrogens (tertiary/aromatic N) is 3. The van der Waals surface area contributed by atoms with Crippen LogP contribution in [0.4, 0.5) is 0 Å². The van der Waals surface area contributed by atoms with Crippen molar-refractivity contribution in [2.75, 3.05) is 13.7 Å². The van der Waals surface area contributed by atoms with E-state index >= 15 is 0 Å². The van der Waals surface area contributed by atoms with Crippen molar-refractivity contribution < 1.29 is 14.3 Å². The Hall–Kier alpha value is -1.92. The maximum atomic E-state index is 11.8. The molecule has 0 saturated carbocycles. The Kier molecular flexibility index (Phi) is 5.02. The lowest BCUT2D eigenvalue weighted by Crippen LogP contribution is -2.29. The third-order valence-corrected chi connectivity index (χ3v) is 2.74. The lowest BCUT2D eigenvalue weighted by molar-refractivity contribution is -0.123. The van der Waals surface area contributed by atoms with E-state index in [-0.39, 0.29) is 24.1 Å². The first-order chi connectivity index (χ1) is 8.93. The van der Waals surface area contributed by atoms with Crippen molar-refractivity contribution in [1.29, 1.82) is 0 Å². The maximum absolute atomic E-state index is 11.8. The number of hydrogen-bond donors (Lipinski definition) is 1. The molecule has 0 aliphatic heterocycles. The average Bonchev–Trinajstić information content (AvgIpc) is 2.81. The number of nitrogens with one attached hydrogen (secondary N) is 1. The van der Waals surface area contributed by atoms with Crippen molar-refractivity contribution in [1.82, 2.24) is 20.3 Å². The minimum Gasteiger partial charge on any atom is -0.461 e. The number of rotatable bonds is 5. The van der Waals surface area contributed by atoms with Crippen molar-refractivity contribution in [2.45, 2.75) is 39.7 Å². The van der Waals surface area contributed by atoms with Gasteiger partial charge in [0, 0.05) is 7.05 Å². The predicted octanol–water partition coefficient (Wildman–Crippen LogP) is 0.885. The molecule has 0 bridgehead atoms. The Balaban J connectivity index is 3.21. The fraction of sp³-hybridized carbons (Fsp3) is 0.667. The first-order valence-corrected chi connectivity index (χ1v) is 6.27. The molecule has 1 aromatic rings. The van der Waals surface area contributed by atoms with Crippen molar-refractivity contribution in [3.05, 3.63) is 11.4 Å². The molecule has 7 nitrogen and oxygen atoms in total. The molecule has 19 heavy (non-hydrogen) atoms. The van der Waals surface area contributed by atoms with E-state index < -0.39 is 12.0 Å². The Labute approximate surface area is 112 Å². The molecule has 0 radical (unpaired) electrons. The van der Waals surface area contributed by atoms with E-state index in [1.165, 1.54) is 4.68 Å². The number of hydrogen-bond acceptors (Lipinski definition) is 5. The van der Waals surface area contributed by atoms with Crippen LogP contribution in [-0.4, -0.2) is 40.5 Å². The van der Waals surface area contributed by atoms with Crippen LogP contribution in [0.1, 0.15) is 55.8 Å². The molecule has 0 aliphatic carbocycles. The molecule has 0 spiro atoms. The minimum absolute atomic E-state index is 0.00140. The Morgan fingerprint density at radius 2 is 2.00 bits per heavy atom. The van der Waals surface area contributed by atoms with Crippen molar-refractivity contribution >= 4 is 11.9 Å². The molecule has 0 aliphatic rings. The zero-order valence-electron chi connectivity index (χ0n) is 11.9. The van der Waals surface area contributed by atoms with E-state index in [4.69, 9.17) is 4.74 Å². The summed E-state index contributed by atoms with van der Waals surface area (Å²) < 4.78 is 6.41. The molecule has 1 heterocycles. The third kappa shape index (κ3) is 3.10. The lowest BCUT2D eigenvalue weighted by Gasteiger charge is -2.15. The van der Waals surface area contributed by atoms with Crippen LogP contribution in [0, 0.1) is 0 Å². The summed E-state index contributed by atoms with van der Waals surface area (Å²) in [6, 6.07) is -0.530. The number of aromatic nitrogens is 3. The van der Waals surface area contributed by atoms with Gasteiger partial charge < -0.3 is 10.1 Å². The van der Waals surface area contributed by atoms with Crippen LogP contribution in [0.15, 0.2) is 0 Å². The summed E-state index contributed by atoms with van der Waals surface area (Å²) in [6.45, 7) is 7.52. The highest BCUT2D eigenvalue weighted by molar-refractivity contribution is 5.89. The van der Waals surface area contributed by atoms with Crippen LogP contribution in [0.25, 0.3) is 0 Å². The Morgan fingerprint density at radius 1 is 1.37 bits per heavy atom. The monoisotopic (exact) mass is 268 g/mol. The highest BCUT2D eigenvalue weighted by Gasteiger charge is 2.27. The van der Waals surface area contributed by atoms with Gasteiger partial charge in [0.05, 0.1) is 12.3 Å². The molecule has 7 heteroatoms. The van der Waals surface area contributed by atoms with E-state index in [2.05, 4.69) is 15.6 Å². The highest BCUT2D eigenvalue weighted by atomic mass is 16.5. The second-order valence-electron chi connectivity index (χ2n) is 4.43. The standard InChI is InChI=1S/C12H20N4O3/c1-6-19-12(18)9-10(7(2)3)16(15-14-9)8(4)11(17)13-5/h7-8H,6H2,1-5H3,(H,13,17). The minimum atomic E-state index is -0.530. The number of ether oxygens (including phenoxy) is 1. The molecule has 1 amide bonds. The molecule has 106 valence electrons. The second-order valence-corrected chi connectivity index (χ2v) is 4.43. The van der Waals surface area contributed by atoms with E-state index in [0.717, 1.165) is 0 Å². The van der Waals surface area contributed by atoms with Crippen LogP contribution >= 0.6 is 0 Å². The Bertz CT molecular complexity index is 468. The summed E-state index contributed by atoms with van der Waals surface area (Å²) in [7, 11) is 1.55. The van der Waals surface area contributed by atoms with Crippen molar-refractivity contribution in [2.24, 2.45) is 0 Å². The SMILES string of the molecule is CCOC(=O)c1nnn(C(C)C(=O)NC)c1C(C)C. The molecule has 0 saturated heterocycles. The van der Waals surface area contributed by atoms with Crippen LogP contribution < -0.4 is 5.32 Å². The molecule has 1 N–H and O–H groups in total. The predicted molar refractivity (Wildman–Crippen MR) is 68.8 cm³/mol. The van der Waals surface area contributed by atoms with Gasteiger partial charge in [-0.2, -0.15) is 0 Å². The lowest BCUT2D eigenvalue weighted by atomic mass is 10.1. The van der Waals surface area contributed by atoms with Crippen molar-refractivity contribution in [3.63, 3.8) is 0 Å². The largest absolute Gasteiger partial charge is 0.461 e. The van der Waals surface area contributed by atoms with Gasteiger partial charge in [0.2, 0.25) is 5.91 Å². The first-order valence-electron chi connectivity index (χ1n) is 6.27. The average molecular weight is 268 g/mol. The smallest absolute Gasteiger partial charge is 0.360 e. The number of esters is 1. The molecular weight excluding hydrogens is 248 g/mol. The normalized spacial score (nSPS) is 12.3. The summed E-state index contributed by atoms with van der Waals surface area (Å²) in [5.41, 5.74) is 0.780. The number of carbonyl (C=O) groups excluding carboxylic acids is 2. The van der Waals surface area contributed by atoms with Gasteiger partial charge in [-0.1, -0.05) is 19.1 Å². The summed E-state index contributed by atoms with van der Waals surface area (Å²) >= 11 is 0. The van der Waals surface area contributed by atoms with E-state index in [9.17, 15) is 9.59 Å². The van der Waals surface area contributed by atoms with Crippen LogP contribution in [0.2, 0.25) is 0 Å². The van der Waals surface area contributed by atoms with Gasteiger partial charge in [0.1, 0.15) is 6.04 Å². The maximum Gasteiger partial charge on any atom is 0.360 e. The summed E-state index contributed by atoms with van der Waals surface area (Å²) in [4.78, 5) is 23.5. The zero-order chi connectivity index (χ0) is 14.6. The third-order valence-electron chi connectivity index (χ3n) is 2.74. The molecule has 0 fully saturated rings. The molecule has 1 unspecified atom stereocenters. The van der Waals surface area contributed by atoms with Crippen LogP contribution in [0.3, 0.4) is 0 Å². The van der Waals surface area contributed by atoms with Gasteiger partial charge in [0.15, 0.2) is 5.69 Å². The van der Waals surface area contributed by atoms with E-state index in [1.807, 2.05) is 13.8 Å². The fourth-order valence-corrected chi connectivity index (χ4v) is 1.79. The highest BCUT2D eigenvalue weighted by Crippen LogP contribution is 2.21. The van der Waals surface area contributed by atoms with Gasteiger partial charge in [-0.3, -0.25) is 4.79 Å². The topological polar surface area (TPSA) is 86.1 Å². The number of amides is 1. The van der Waals surface area contributed by atoms with Gasteiger partial charge in [-0.25, -0.2) is 9.48 Å². The quantitative estimate of drug-likeness (QED) is 0.801. The molecule has 1 rings (SSSR count). The van der Waals surface area contributed by atoms with Gasteiger partial charge in [-0.05, 0) is 19.8 Å². The molecular formula is C12H20N4O3. The second kappa shape index (κ2) is 6.31. The van der Waals surface area contributed by atoms with Crippen LogP contribution in [-0.2, 0) is 9.53 Å². The Morgan fingerprint density at radius 3 is 2.47 bits per heavy atom. The number of likely N-dealkylation sites (N-methyl/N-ethyl adjacent to an activating group) is 1. The summed E-state index contributed by atoms with van der Waals surface area (Å²) in [6.07, 6.45) is 0. The number of carbonyl (C=O) groups is 2. The van der Waals surface area contributed by atoms with Crippen molar-refractivity contribution in [3.8, 4) is 0 Å². The van der Waals surface area contributed by atoms with Gasteiger partial charge >= 0.3 is 5.97 Å². The first kappa shape index (κ1) is 15.1. The van der Waals surface area contributed by atoms with Gasteiger partial charge in [-0.15, -0.1) is 5.10 Å². The van der Waals surface area contributed by atoms with Gasteiger partial charge in [0.25, 0.3) is 0 Å². The van der Waals surface area contributed by atoms with E-state index in [1.54, 1.807) is 20.9 Å². The molecule has 0 aromatic carbocycles. The molecule has 1 atom stereocenters. The molecule has 1 aromatic heterocycles. The fourth-order valence-electron chi connectivity index (χ4n) is 1.79. The summed E-state index contributed by atoms with van der Waals surface area (Å²) in [5, 5.41) is 10.3. The summed E-state index contributed by atoms with van der Waals surface area (Å²) in [5.74, 6) is -0.703. The van der Waals surface area contributed by atoms with E-state index in [0.29, 0.717) is 5.69 Å².